The summed E-state index contributed by atoms with van der Waals surface area (Å²) in [4.78, 5) is 15.5. The van der Waals surface area contributed by atoms with Crippen molar-refractivity contribution in [2.24, 2.45) is 5.73 Å². The van der Waals surface area contributed by atoms with Crippen LogP contribution >= 0.6 is 0 Å². The molecular formula is C15H21F2N3O. The van der Waals surface area contributed by atoms with Crippen LogP contribution in [-0.4, -0.2) is 43.0 Å². The lowest BCUT2D eigenvalue weighted by molar-refractivity contribution is -0.131. The highest BCUT2D eigenvalue weighted by Gasteiger charge is 2.23. The summed E-state index contributed by atoms with van der Waals surface area (Å²) in [6, 6.07) is 3.44. The molecule has 6 heteroatoms. The fourth-order valence-corrected chi connectivity index (χ4v) is 2.43. The van der Waals surface area contributed by atoms with Gasteiger partial charge in [0, 0.05) is 44.7 Å². The van der Waals surface area contributed by atoms with Gasteiger partial charge in [0.15, 0.2) is 0 Å². The predicted molar refractivity (Wildman–Crippen MR) is 78.0 cm³/mol. The summed E-state index contributed by atoms with van der Waals surface area (Å²) in [7, 11) is 0. The molecule has 2 N–H and O–H groups in total. The normalized spacial score (nSPS) is 17.0. The van der Waals surface area contributed by atoms with Crippen molar-refractivity contribution in [1.82, 2.24) is 4.90 Å². The lowest BCUT2D eigenvalue weighted by Gasteiger charge is -2.36. The van der Waals surface area contributed by atoms with E-state index in [1.165, 1.54) is 6.07 Å². The highest BCUT2D eigenvalue weighted by atomic mass is 19.1. The van der Waals surface area contributed by atoms with Crippen molar-refractivity contribution < 1.29 is 13.6 Å². The van der Waals surface area contributed by atoms with Crippen LogP contribution in [0.5, 0.6) is 0 Å². The second-order valence-corrected chi connectivity index (χ2v) is 5.48. The number of amides is 1. The van der Waals surface area contributed by atoms with Crippen LogP contribution in [0.25, 0.3) is 0 Å². The monoisotopic (exact) mass is 297 g/mol. The van der Waals surface area contributed by atoms with E-state index in [-0.39, 0.29) is 17.6 Å². The molecule has 0 bridgehead atoms. The van der Waals surface area contributed by atoms with Crippen molar-refractivity contribution in [2.75, 3.05) is 31.1 Å². The van der Waals surface area contributed by atoms with Crippen LogP contribution in [0, 0.1) is 11.6 Å². The molecule has 1 fully saturated rings. The second kappa shape index (κ2) is 6.85. The molecule has 0 aromatic heterocycles. The van der Waals surface area contributed by atoms with Gasteiger partial charge in [-0.1, -0.05) is 0 Å². The third-order valence-corrected chi connectivity index (χ3v) is 3.69. The van der Waals surface area contributed by atoms with Crippen LogP contribution in [0.15, 0.2) is 18.2 Å². The van der Waals surface area contributed by atoms with E-state index in [0.29, 0.717) is 39.0 Å². The van der Waals surface area contributed by atoms with Crippen molar-refractivity contribution in [3.63, 3.8) is 0 Å². The van der Waals surface area contributed by atoms with E-state index in [2.05, 4.69) is 0 Å². The summed E-state index contributed by atoms with van der Waals surface area (Å²) in [5, 5.41) is 0. The van der Waals surface area contributed by atoms with Crippen molar-refractivity contribution in [3.05, 3.63) is 29.8 Å². The Hall–Kier alpha value is -1.69. The van der Waals surface area contributed by atoms with Gasteiger partial charge in [-0.2, -0.15) is 0 Å². The van der Waals surface area contributed by atoms with Crippen molar-refractivity contribution >= 4 is 11.6 Å². The molecule has 21 heavy (non-hydrogen) atoms. The molecule has 1 aliphatic heterocycles. The predicted octanol–water partition coefficient (Wildman–Crippen LogP) is 1.74. The summed E-state index contributed by atoms with van der Waals surface area (Å²) >= 11 is 0. The first-order valence-corrected chi connectivity index (χ1v) is 7.20. The minimum absolute atomic E-state index is 0.0108. The number of carbonyl (C=O) groups excluding carboxylic acids is 1. The maximum Gasteiger partial charge on any atom is 0.222 e. The molecule has 1 atom stereocenters. The first kappa shape index (κ1) is 15.7. The maximum absolute atomic E-state index is 13.7. The molecule has 0 radical (unpaired) electrons. The number of benzene rings is 1. The zero-order chi connectivity index (χ0) is 15.4. The van der Waals surface area contributed by atoms with E-state index in [1.807, 2.05) is 6.92 Å². The molecule has 1 saturated heterocycles. The molecule has 1 unspecified atom stereocenters. The number of nitrogens with zero attached hydrogens (tertiary/aromatic N) is 2. The molecule has 1 aromatic rings. The van der Waals surface area contributed by atoms with Gasteiger partial charge in [0.05, 0.1) is 5.69 Å². The first-order chi connectivity index (χ1) is 9.97. The highest BCUT2D eigenvalue weighted by molar-refractivity contribution is 5.76. The largest absolute Gasteiger partial charge is 0.366 e. The molecule has 1 heterocycles. The smallest absolute Gasteiger partial charge is 0.222 e. The van der Waals surface area contributed by atoms with E-state index >= 15 is 0 Å². The Morgan fingerprint density at radius 3 is 2.57 bits per heavy atom. The van der Waals surface area contributed by atoms with Gasteiger partial charge < -0.3 is 15.5 Å². The summed E-state index contributed by atoms with van der Waals surface area (Å²) in [6.07, 6.45) is 1.10. The average Bonchev–Trinajstić information content (AvgIpc) is 2.47. The van der Waals surface area contributed by atoms with Crippen LogP contribution in [0.4, 0.5) is 14.5 Å². The maximum atomic E-state index is 13.7. The molecule has 0 saturated carbocycles. The van der Waals surface area contributed by atoms with Gasteiger partial charge in [-0.15, -0.1) is 0 Å². The van der Waals surface area contributed by atoms with Gasteiger partial charge in [0.1, 0.15) is 11.6 Å². The van der Waals surface area contributed by atoms with Crippen molar-refractivity contribution in [2.45, 2.75) is 25.8 Å². The Kier molecular flexibility index (Phi) is 5.12. The topological polar surface area (TPSA) is 49.6 Å². The molecule has 1 aliphatic rings. The first-order valence-electron chi connectivity index (χ1n) is 7.20. The van der Waals surface area contributed by atoms with Crippen molar-refractivity contribution in [1.29, 1.82) is 0 Å². The zero-order valence-electron chi connectivity index (χ0n) is 12.2. The lowest BCUT2D eigenvalue weighted by atomic mass is 10.1. The fourth-order valence-electron chi connectivity index (χ4n) is 2.43. The van der Waals surface area contributed by atoms with Gasteiger partial charge >= 0.3 is 0 Å². The molecule has 2 rings (SSSR count). The minimum atomic E-state index is -0.457. The molecule has 0 spiro atoms. The number of carbonyl (C=O) groups is 1. The van der Waals surface area contributed by atoms with Crippen LogP contribution in [0.2, 0.25) is 0 Å². The average molecular weight is 297 g/mol. The van der Waals surface area contributed by atoms with Gasteiger partial charge in [0.25, 0.3) is 0 Å². The molecule has 1 aromatic carbocycles. The van der Waals surface area contributed by atoms with Crippen LogP contribution < -0.4 is 10.6 Å². The van der Waals surface area contributed by atoms with Crippen LogP contribution in [0.1, 0.15) is 19.8 Å². The molecule has 0 aliphatic carbocycles. The Balaban J connectivity index is 1.91. The van der Waals surface area contributed by atoms with Gasteiger partial charge in [-0.05, 0) is 25.5 Å². The van der Waals surface area contributed by atoms with Crippen molar-refractivity contribution in [3.8, 4) is 0 Å². The quantitative estimate of drug-likeness (QED) is 0.921. The Morgan fingerprint density at radius 2 is 1.95 bits per heavy atom. The Bertz CT molecular complexity index is 500. The van der Waals surface area contributed by atoms with E-state index in [1.54, 1.807) is 9.80 Å². The Labute approximate surface area is 123 Å². The molecule has 1 amide bonds. The minimum Gasteiger partial charge on any atom is -0.366 e. The molecule has 116 valence electrons. The van der Waals surface area contributed by atoms with Gasteiger partial charge in [0.2, 0.25) is 5.91 Å². The van der Waals surface area contributed by atoms with E-state index in [0.717, 1.165) is 12.1 Å². The lowest BCUT2D eigenvalue weighted by Crippen LogP contribution is -2.49. The number of nitrogens with two attached hydrogens (primary N) is 1. The fraction of sp³-hybridized carbons (Fsp3) is 0.533. The molecular weight excluding hydrogens is 276 g/mol. The molecule has 4 nitrogen and oxygen atoms in total. The standard InChI is InChI=1S/C15H21F2N3O/c1-11(18)2-5-15(21)20-8-6-19(7-9-20)14-10-12(16)3-4-13(14)17/h3-4,10-11H,2,5-9,18H2,1H3. The van der Waals surface area contributed by atoms with E-state index in [9.17, 15) is 13.6 Å². The summed E-state index contributed by atoms with van der Waals surface area (Å²) < 4.78 is 26.9. The third-order valence-electron chi connectivity index (χ3n) is 3.69. The summed E-state index contributed by atoms with van der Waals surface area (Å²) in [5.74, 6) is -0.818. The number of rotatable bonds is 4. The Morgan fingerprint density at radius 1 is 1.29 bits per heavy atom. The van der Waals surface area contributed by atoms with Gasteiger partial charge in [-0.25, -0.2) is 8.78 Å². The van der Waals surface area contributed by atoms with Gasteiger partial charge in [-0.3, -0.25) is 4.79 Å². The number of hydrogen-bond acceptors (Lipinski definition) is 3. The summed E-state index contributed by atoms with van der Waals surface area (Å²) in [6.45, 7) is 3.92. The third kappa shape index (κ3) is 4.14. The van der Waals surface area contributed by atoms with Crippen LogP contribution in [-0.2, 0) is 4.79 Å². The number of hydrogen-bond donors (Lipinski definition) is 1. The van der Waals surface area contributed by atoms with E-state index in [4.69, 9.17) is 5.73 Å². The van der Waals surface area contributed by atoms with E-state index < -0.39 is 11.6 Å². The highest BCUT2D eigenvalue weighted by Crippen LogP contribution is 2.22. The second-order valence-electron chi connectivity index (χ2n) is 5.48. The SMILES string of the molecule is CC(N)CCC(=O)N1CCN(c2cc(F)ccc2F)CC1. The number of halogens is 2. The number of piperazine rings is 1. The summed E-state index contributed by atoms with van der Waals surface area (Å²) in [5.41, 5.74) is 5.90. The number of anilines is 1. The zero-order valence-corrected chi connectivity index (χ0v) is 12.2. The van der Waals surface area contributed by atoms with Crippen LogP contribution in [0.3, 0.4) is 0 Å².